The first kappa shape index (κ1) is 14.0. The highest BCUT2D eigenvalue weighted by atomic mass is 79.9. The molecule has 0 saturated heterocycles. The van der Waals surface area contributed by atoms with Crippen LogP contribution in [0.3, 0.4) is 0 Å². The van der Waals surface area contributed by atoms with Crippen LogP contribution < -0.4 is 0 Å². The van der Waals surface area contributed by atoms with Crippen molar-refractivity contribution in [2.75, 3.05) is 0 Å². The molecule has 3 aromatic rings. The molecule has 0 N–H and O–H groups in total. The van der Waals surface area contributed by atoms with Crippen LogP contribution in [0.15, 0.2) is 50.0 Å². The largest absolute Gasteiger partial charge is 0.289 e. The predicted octanol–water partition coefficient (Wildman–Crippen LogP) is 5.97. The van der Waals surface area contributed by atoms with Crippen molar-refractivity contribution < 1.29 is 4.79 Å². The quantitative estimate of drug-likeness (QED) is 0.476. The Balaban J connectivity index is 2.23. The molecule has 0 atom stereocenters. The van der Waals surface area contributed by atoms with Crippen LogP contribution >= 0.6 is 43.2 Å². The van der Waals surface area contributed by atoms with E-state index < -0.39 is 0 Å². The van der Waals surface area contributed by atoms with E-state index in [0.717, 1.165) is 23.9 Å². The van der Waals surface area contributed by atoms with Crippen molar-refractivity contribution in [2.45, 2.75) is 6.92 Å². The minimum Gasteiger partial charge on any atom is -0.289 e. The monoisotopic (exact) mass is 408 g/mol. The lowest BCUT2D eigenvalue weighted by Crippen LogP contribution is -2.02. The summed E-state index contributed by atoms with van der Waals surface area (Å²) < 4.78 is 1.81. The summed E-state index contributed by atoms with van der Waals surface area (Å²) in [6.45, 7) is 2.06. The van der Waals surface area contributed by atoms with Crippen LogP contribution in [0.2, 0.25) is 0 Å². The molecule has 0 aliphatic rings. The molecular weight excluding hydrogens is 400 g/mol. The number of ketones is 1. The van der Waals surface area contributed by atoms with Gasteiger partial charge in [-0.3, -0.25) is 4.79 Å². The molecule has 0 amide bonds. The predicted molar refractivity (Wildman–Crippen MR) is 91.8 cm³/mol. The fourth-order valence-electron chi connectivity index (χ4n) is 2.29. The van der Waals surface area contributed by atoms with Crippen LogP contribution in [0.5, 0.6) is 0 Å². The SMILES string of the molecule is Cc1ccc(C(=O)c2cc(Br)sc2Br)c2ccccc12. The summed E-state index contributed by atoms with van der Waals surface area (Å²) in [4.78, 5) is 12.8. The summed E-state index contributed by atoms with van der Waals surface area (Å²) in [6.07, 6.45) is 0. The Labute approximate surface area is 137 Å². The highest BCUT2D eigenvalue weighted by Gasteiger charge is 2.18. The van der Waals surface area contributed by atoms with Gasteiger partial charge in [0.15, 0.2) is 5.78 Å². The van der Waals surface area contributed by atoms with Crippen LogP contribution in [0.1, 0.15) is 21.5 Å². The van der Waals surface area contributed by atoms with Gasteiger partial charge in [0, 0.05) is 11.1 Å². The maximum atomic E-state index is 12.8. The van der Waals surface area contributed by atoms with Crippen molar-refractivity contribution in [3.63, 3.8) is 0 Å². The Hall–Kier alpha value is -0.970. The molecule has 0 spiro atoms. The number of carbonyl (C=O) groups excluding carboxylic acids is 1. The van der Waals surface area contributed by atoms with E-state index in [1.165, 1.54) is 16.9 Å². The normalized spacial score (nSPS) is 10.9. The van der Waals surface area contributed by atoms with E-state index in [9.17, 15) is 4.79 Å². The van der Waals surface area contributed by atoms with E-state index >= 15 is 0 Å². The fraction of sp³-hybridized carbons (Fsp3) is 0.0625. The summed E-state index contributed by atoms with van der Waals surface area (Å²) in [5, 5.41) is 2.13. The zero-order valence-electron chi connectivity index (χ0n) is 10.6. The first-order chi connectivity index (χ1) is 9.58. The highest BCUT2D eigenvalue weighted by Crippen LogP contribution is 2.34. The van der Waals surface area contributed by atoms with E-state index in [-0.39, 0.29) is 5.78 Å². The molecule has 20 heavy (non-hydrogen) atoms. The number of benzene rings is 2. The average Bonchev–Trinajstić information content (AvgIpc) is 2.78. The molecule has 1 heterocycles. The lowest BCUT2D eigenvalue weighted by Gasteiger charge is -2.07. The van der Waals surface area contributed by atoms with E-state index in [1.807, 2.05) is 36.4 Å². The van der Waals surface area contributed by atoms with Crippen molar-refractivity contribution in [1.29, 1.82) is 0 Å². The number of fused-ring (bicyclic) bond motifs is 1. The Kier molecular flexibility index (Phi) is 3.80. The Morgan fingerprint density at radius 3 is 2.35 bits per heavy atom. The number of hydrogen-bond donors (Lipinski definition) is 0. The molecule has 3 rings (SSSR count). The van der Waals surface area contributed by atoms with E-state index in [2.05, 4.69) is 44.8 Å². The Bertz CT molecular complexity index is 820. The first-order valence-electron chi connectivity index (χ1n) is 6.06. The van der Waals surface area contributed by atoms with Crippen molar-refractivity contribution in [2.24, 2.45) is 0 Å². The smallest absolute Gasteiger partial charge is 0.195 e. The lowest BCUT2D eigenvalue weighted by molar-refractivity contribution is 0.104. The second-order valence-corrected chi connectivity index (χ2v) is 8.29. The molecule has 2 aromatic carbocycles. The van der Waals surface area contributed by atoms with Crippen molar-refractivity contribution in [3.05, 3.63) is 66.7 Å². The van der Waals surface area contributed by atoms with Gasteiger partial charge in [-0.2, -0.15) is 0 Å². The van der Waals surface area contributed by atoms with Crippen LogP contribution in [-0.4, -0.2) is 5.78 Å². The fourth-order valence-corrected chi connectivity index (χ4v) is 5.08. The number of carbonyl (C=O) groups is 1. The van der Waals surface area contributed by atoms with Crippen LogP contribution in [0, 0.1) is 6.92 Å². The molecule has 1 aromatic heterocycles. The topological polar surface area (TPSA) is 17.1 Å². The summed E-state index contributed by atoms with van der Waals surface area (Å²) >= 11 is 8.40. The van der Waals surface area contributed by atoms with Crippen LogP contribution in [0.4, 0.5) is 0 Å². The number of halogens is 2. The van der Waals surface area contributed by atoms with Crippen molar-refractivity contribution in [1.82, 2.24) is 0 Å². The van der Waals surface area contributed by atoms with Gasteiger partial charge in [-0.25, -0.2) is 0 Å². The molecule has 0 aliphatic heterocycles. The molecule has 4 heteroatoms. The van der Waals surface area contributed by atoms with Gasteiger partial charge < -0.3 is 0 Å². The number of aryl methyl sites for hydroxylation is 1. The van der Waals surface area contributed by atoms with E-state index in [0.29, 0.717) is 5.56 Å². The second kappa shape index (κ2) is 5.43. The number of hydrogen-bond acceptors (Lipinski definition) is 2. The van der Waals surface area contributed by atoms with Gasteiger partial charge in [-0.05, 0) is 61.2 Å². The highest BCUT2D eigenvalue weighted by molar-refractivity contribution is 9.12. The number of thiophene rings is 1. The van der Waals surface area contributed by atoms with Gasteiger partial charge >= 0.3 is 0 Å². The number of rotatable bonds is 2. The zero-order valence-corrected chi connectivity index (χ0v) is 14.6. The average molecular weight is 410 g/mol. The minimum atomic E-state index is 0.0509. The molecule has 0 aliphatic carbocycles. The summed E-state index contributed by atoms with van der Waals surface area (Å²) in [5.74, 6) is 0.0509. The van der Waals surface area contributed by atoms with Gasteiger partial charge in [-0.1, -0.05) is 36.4 Å². The van der Waals surface area contributed by atoms with Gasteiger partial charge in [0.25, 0.3) is 0 Å². The summed E-state index contributed by atoms with van der Waals surface area (Å²) in [5.41, 5.74) is 2.63. The molecule has 0 fully saturated rings. The summed E-state index contributed by atoms with van der Waals surface area (Å²) in [6, 6.07) is 13.8. The molecule has 0 saturated carbocycles. The minimum absolute atomic E-state index is 0.0509. The van der Waals surface area contributed by atoms with Gasteiger partial charge in [-0.15, -0.1) is 11.3 Å². The van der Waals surface area contributed by atoms with E-state index in [1.54, 1.807) is 0 Å². The van der Waals surface area contributed by atoms with Gasteiger partial charge in [0.1, 0.15) is 0 Å². The maximum absolute atomic E-state index is 12.8. The second-order valence-electron chi connectivity index (χ2n) is 4.54. The molecule has 0 unspecified atom stereocenters. The lowest BCUT2D eigenvalue weighted by atomic mass is 9.96. The third-order valence-corrected chi connectivity index (χ3v) is 5.63. The Morgan fingerprint density at radius 2 is 1.70 bits per heavy atom. The van der Waals surface area contributed by atoms with E-state index in [4.69, 9.17) is 0 Å². The molecule has 1 nitrogen and oxygen atoms in total. The molecule has 100 valence electrons. The van der Waals surface area contributed by atoms with Crippen molar-refractivity contribution in [3.8, 4) is 0 Å². The maximum Gasteiger partial charge on any atom is 0.195 e. The van der Waals surface area contributed by atoms with Crippen LogP contribution in [-0.2, 0) is 0 Å². The van der Waals surface area contributed by atoms with Gasteiger partial charge in [0.2, 0.25) is 0 Å². The first-order valence-corrected chi connectivity index (χ1v) is 8.46. The third-order valence-electron chi connectivity index (χ3n) is 3.29. The molecule has 0 radical (unpaired) electrons. The van der Waals surface area contributed by atoms with Gasteiger partial charge in [0.05, 0.1) is 7.57 Å². The third kappa shape index (κ3) is 2.36. The Morgan fingerprint density at radius 1 is 1.00 bits per heavy atom. The van der Waals surface area contributed by atoms with Crippen molar-refractivity contribution >= 4 is 59.8 Å². The molecule has 0 bridgehead atoms. The summed E-state index contributed by atoms with van der Waals surface area (Å²) in [7, 11) is 0. The molecular formula is C16H10Br2OS. The van der Waals surface area contributed by atoms with Crippen LogP contribution in [0.25, 0.3) is 10.8 Å². The standard InChI is InChI=1S/C16H10Br2OS/c1-9-6-7-12(11-5-3-2-4-10(9)11)15(19)13-8-14(17)20-16(13)18/h2-8H,1H3. The zero-order chi connectivity index (χ0) is 14.3.